The first-order chi connectivity index (χ1) is 7.65. The van der Waals surface area contributed by atoms with E-state index in [2.05, 4.69) is 29.5 Å². The van der Waals surface area contributed by atoms with E-state index in [9.17, 15) is 4.79 Å². The fourth-order valence-corrected chi connectivity index (χ4v) is 1.82. The Morgan fingerprint density at radius 1 is 1.44 bits per heavy atom. The molecule has 0 saturated carbocycles. The number of hydrogen-bond acceptors (Lipinski definition) is 2. The lowest BCUT2D eigenvalue weighted by Gasteiger charge is -2.08. The number of unbranched alkanes of at least 4 members (excludes halogenated alkanes) is 1. The molecule has 0 aromatic carbocycles. The maximum Gasteiger partial charge on any atom is 0.250 e. The number of aromatic nitrogens is 1. The largest absolute Gasteiger partial charge is 0.380 e. The van der Waals surface area contributed by atoms with Crippen molar-refractivity contribution in [3.05, 3.63) is 31.8 Å². The highest BCUT2D eigenvalue weighted by molar-refractivity contribution is 14.1. The van der Waals surface area contributed by atoms with Crippen LogP contribution in [0.5, 0.6) is 0 Å². The van der Waals surface area contributed by atoms with Crippen molar-refractivity contribution in [1.29, 1.82) is 0 Å². The Bertz CT molecular complexity index is 387. The fraction of sp³-hybridized carbons (Fsp3) is 0.583. The van der Waals surface area contributed by atoms with Crippen LogP contribution in [0.2, 0.25) is 0 Å². The summed E-state index contributed by atoms with van der Waals surface area (Å²) >= 11 is 2.24. The first kappa shape index (κ1) is 13.7. The van der Waals surface area contributed by atoms with Gasteiger partial charge in [-0.05, 0) is 41.5 Å². The van der Waals surface area contributed by atoms with Gasteiger partial charge in [0.25, 0.3) is 5.56 Å². The average Bonchev–Trinajstić information content (AvgIpc) is 2.25. The summed E-state index contributed by atoms with van der Waals surface area (Å²) in [6.45, 7) is 6.12. The van der Waals surface area contributed by atoms with Crippen LogP contribution in [-0.4, -0.2) is 17.8 Å². The van der Waals surface area contributed by atoms with Crippen LogP contribution in [0.15, 0.2) is 17.1 Å². The van der Waals surface area contributed by atoms with Gasteiger partial charge in [-0.3, -0.25) is 4.79 Å². The summed E-state index contributed by atoms with van der Waals surface area (Å²) in [6, 6.07) is 1.67. The van der Waals surface area contributed by atoms with Gasteiger partial charge in [0.2, 0.25) is 0 Å². The molecule has 0 spiro atoms. The summed E-state index contributed by atoms with van der Waals surface area (Å²) in [5.74, 6) is 0. The molecule has 0 aliphatic heterocycles. The molecule has 1 heterocycles. The molecule has 1 rings (SSSR count). The minimum atomic E-state index is 0.0528. The highest BCUT2D eigenvalue weighted by Gasteiger charge is 2.00. The van der Waals surface area contributed by atoms with Gasteiger partial charge in [0.15, 0.2) is 0 Å². The second-order valence-electron chi connectivity index (χ2n) is 3.80. The number of hydrogen-bond donors (Lipinski definition) is 0. The molecule has 0 atom stereocenters. The topological polar surface area (TPSA) is 31.2 Å². The van der Waals surface area contributed by atoms with Crippen LogP contribution < -0.4 is 5.56 Å². The second kappa shape index (κ2) is 7.06. The van der Waals surface area contributed by atoms with Crippen LogP contribution in [0.1, 0.15) is 25.3 Å². The van der Waals surface area contributed by atoms with Crippen LogP contribution >= 0.6 is 22.6 Å². The normalized spacial score (nSPS) is 10.7. The second-order valence-corrected chi connectivity index (χ2v) is 4.96. The van der Waals surface area contributed by atoms with Crippen LogP contribution in [0, 0.1) is 10.5 Å². The molecule has 1 aromatic heterocycles. The number of rotatable bonds is 6. The van der Waals surface area contributed by atoms with Crippen molar-refractivity contribution in [3.63, 3.8) is 0 Å². The molecule has 1 aromatic rings. The molecule has 0 saturated heterocycles. The molecule has 0 amide bonds. The third-order valence-corrected chi connectivity index (χ3v) is 3.52. The van der Waals surface area contributed by atoms with Crippen LogP contribution in [0.3, 0.4) is 0 Å². The molecule has 0 aliphatic carbocycles. The van der Waals surface area contributed by atoms with Crippen LogP contribution in [0.4, 0.5) is 0 Å². The third kappa shape index (κ3) is 4.25. The zero-order valence-electron chi connectivity index (χ0n) is 9.83. The van der Waals surface area contributed by atoms with Gasteiger partial charge in [-0.2, -0.15) is 0 Å². The molecule has 0 fully saturated rings. The van der Waals surface area contributed by atoms with Gasteiger partial charge < -0.3 is 9.30 Å². The van der Waals surface area contributed by atoms with Gasteiger partial charge >= 0.3 is 0 Å². The first-order valence-corrected chi connectivity index (χ1v) is 6.67. The molecule has 16 heavy (non-hydrogen) atoms. The number of halogens is 1. The molecule has 4 heteroatoms. The van der Waals surface area contributed by atoms with Crippen molar-refractivity contribution in [2.24, 2.45) is 0 Å². The predicted octanol–water partition coefficient (Wildman–Crippen LogP) is 2.58. The zero-order chi connectivity index (χ0) is 12.0. The molecule has 0 radical (unpaired) electrons. The maximum absolute atomic E-state index is 11.6. The lowest BCUT2D eigenvalue weighted by molar-refractivity contribution is 0.123. The predicted molar refractivity (Wildman–Crippen MR) is 73.9 cm³/mol. The van der Waals surface area contributed by atoms with Crippen molar-refractivity contribution < 1.29 is 4.74 Å². The van der Waals surface area contributed by atoms with Crippen molar-refractivity contribution >= 4 is 22.6 Å². The fourth-order valence-electron chi connectivity index (χ4n) is 1.33. The van der Waals surface area contributed by atoms with E-state index in [-0.39, 0.29) is 5.56 Å². The summed E-state index contributed by atoms with van der Waals surface area (Å²) in [6.07, 6.45) is 4.12. The van der Waals surface area contributed by atoms with Crippen LogP contribution in [0.25, 0.3) is 0 Å². The Labute approximate surface area is 110 Å². The maximum atomic E-state index is 11.6. The number of pyridine rings is 1. The van der Waals surface area contributed by atoms with E-state index in [1.807, 2.05) is 13.1 Å². The van der Waals surface area contributed by atoms with Crippen LogP contribution in [-0.2, 0) is 11.3 Å². The monoisotopic (exact) mass is 335 g/mol. The van der Waals surface area contributed by atoms with E-state index in [0.29, 0.717) is 13.2 Å². The van der Waals surface area contributed by atoms with Gasteiger partial charge in [0, 0.05) is 29.0 Å². The molecule has 0 aliphatic rings. The Kier molecular flexibility index (Phi) is 6.05. The van der Waals surface area contributed by atoms with E-state index in [1.54, 1.807) is 10.6 Å². The molecular weight excluding hydrogens is 317 g/mol. The minimum Gasteiger partial charge on any atom is -0.380 e. The summed E-state index contributed by atoms with van der Waals surface area (Å²) in [5.41, 5.74) is 1.09. The Hall–Kier alpha value is -0.360. The van der Waals surface area contributed by atoms with E-state index >= 15 is 0 Å². The van der Waals surface area contributed by atoms with E-state index < -0.39 is 0 Å². The number of nitrogens with zero attached hydrogens (tertiary/aromatic N) is 1. The molecule has 0 N–H and O–H groups in total. The third-order valence-electron chi connectivity index (χ3n) is 2.39. The lowest BCUT2D eigenvalue weighted by atomic mass is 10.3. The highest BCUT2D eigenvalue weighted by atomic mass is 127. The van der Waals surface area contributed by atoms with Crippen molar-refractivity contribution in [1.82, 2.24) is 4.57 Å². The Morgan fingerprint density at radius 3 is 2.88 bits per heavy atom. The van der Waals surface area contributed by atoms with Gasteiger partial charge in [0.05, 0.1) is 6.61 Å². The quantitative estimate of drug-likeness (QED) is 0.591. The highest BCUT2D eigenvalue weighted by Crippen LogP contribution is 2.07. The van der Waals surface area contributed by atoms with Gasteiger partial charge in [-0.15, -0.1) is 0 Å². The number of ether oxygens (including phenoxy) is 1. The van der Waals surface area contributed by atoms with Gasteiger partial charge in [0.1, 0.15) is 0 Å². The van der Waals surface area contributed by atoms with E-state index in [0.717, 1.165) is 28.6 Å². The lowest BCUT2D eigenvalue weighted by Crippen LogP contribution is -2.22. The minimum absolute atomic E-state index is 0.0528. The summed E-state index contributed by atoms with van der Waals surface area (Å²) in [7, 11) is 0. The Morgan fingerprint density at radius 2 is 2.19 bits per heavy atom. The summed E-state index contributed by atoms with van der Waals surface area (Å²) < 4.78 is 8.27. The standard InChI is InChI=1S/C12H18INO2/c1-3-4-6-16-7-5-14-9-11(13)10(2)8-12(14)15/h8-9H,3-7H2,1-2H3. The average molecular weight is 335 g/mol. The molecule has 3 nitrogen and oxygen atoms in total. The molecule has 0 bridgehead atoms. The smallest absolute Gasteiger partial charge is 0.250 e. The van der Waals surface area contributed by atoms with E-state index in [1.165, 1.54) is 0 Å². The van der Waals surface area contributed by atoms with Crippen molar-refractivity contribution in [3.8, 4) is 0 Å². The molecule has 90 valence electrons. The number of aryl methyl sites for hydroxylation is 1. The molecule has 0 unspecified atom stereocenters. The SMILES string of the molecule is CCCCOCCn1cc(I)c(C)cc1=O. The zero-order valence-corrected chi connectivity index (χ0v) is 12.0. The van der Waals surface area contributed by atoms with Crippen molar-refractivity contribution in [2.75, 3.05) is 13.2 Å². The molecular formula is C12H18INO2. The van der Waals surface area contributed by atoms with E-state index in [4.69, 9.17) is 4.74 Å². The van der Waals surface area contributed by atoms with Gasteiger partial charge in [-0.25, -0.2) is 0 Å². The first-order valence-electron chi connectivity index (χ1n) is 5.59. The van der Waals surface area contributed by atoms with Crippen molar-refractivity contribution in [2.45, 2.75) is 33.2 Å². The summed E-state index contributed by atoms with van der Waals surface area (Å²) in [4.78, 5) is 11.6. The van der Waals surface area contributed by atoms with Gasteiger partial charge in [-0.1, -0.05) is 13.3 Å². The summed E-state index contributed by atoms with van der Waals surface area (Å²) in [5, 5.41) is 0. The Balaban J connectivity index is 2.48.